The lowest BCUT2D eigenvalue weighted by Gasteiger charge is -2.12. The minimum atomic E-state index is -0.899. The van der Waals surface area contributed by atoms with Crippen molar-refractivity contribution in [2.45, 2.75) is 39.4 Å². The van der Waals surface area contributed by atoms with Gasteiger partial charge in [-0.15, -0.1) is 0 Å². The Kier molecular flexibility index (Phi) is 6.40. The molecule has 1 aromatic rings. The highest BCUT2D eigenvalue weighted by molar-refractivity contribution is 7.84. The van der Waals surface area contributed by atoms with Gasteiger partial charge in [0.05, 0.1) is 0 Å². The van der Waals surface area contributed by atoms with Crippen molar-refractivity contribution in [3.8, 4) is 0 Å². The van der Waals surface area contributed by atoms with Gasteiger partial charge < -0.3 is 4.90 Å². The predicted molar refractivity (Wildman–Crippen MR) is 85.3 cm³/mol. The van der Waals surface area contributed by atoms with Gasteiger partial charge in [0.1, 0.15) is 0 Å². The molecule has 1 rings (SSSR count). The Morgan fingerprint density at radius 2 is 1.70 bits per heavy atom. The number of benzene rings is 1. The van der Waals surface area contributed by atoms with E-state index in [9.17, 15) is 9.00 Å². The summed E-state index contributed by atoms with van der Waals surface area (Å²) < 4.78 is 12.1. The number of amides is 1. The van der Waals surface area contributed by atoms with Crippen molar-refractivity contribution in [1.82, 2.24) is 4.90 Å². The molecule has 0 heterocycles. The highest BCUT2D eigenvalue weighted by Crippen LogP contribution is 2.18. The fourth-order valence-electron chi connectivity index (χ4n) is 2.28. The molecule has 1 atom stereocenters. The molecule has 1 amide bonds. The van der Waals surface area contributed by atoms with Gasteiger partial charge in [0.15, 0.2) is 0 Å². The van der Waals surface area contributed by atoms with Crippen molar-refractivity contribution in [2.24, 2.45) is 0 Å². The van der Waals surface area contributed by atoms with Crippen LogP contribution < -0.4 is 0 Å². The summed E-state index contributed by atoms with van der Waals surface area (Å²) in [6, 6.07) is 4.27. The number of hydrogen-bond acceptors (Lipinski definition) is 2. The molecule has 0 aromatic heterocycles. The molecule has 20 heavy (non-hydrogen) atoms. The van der Waals surface area contributed by atoms with Crippen LogP contribution in [0.5, 0.6) is 0 Å². The van der Waals surface area contributed by atoms with E-state index in [-0.39, 0.29) is 5.91 Å². The number of rotatable bonds is 6. The largest absolute Gasteiger partial charge is 0.349 e. The summed E-state index contributed by atoms with van der Waals surface area (Å²) in [6.45, 7) is 6.22. The van der Waals surface area contributed by atoms with Crippen LogP contribution in [0.1, 0.15) is 35.1 Å². The molecule has 0 saturated carbocycles. The van der Waals surface area contributed by atoms with Gasteiger partial charge in [0.25, 0.3) is 0 Å². The summed E-state index contributed by atoms with van der Waals surface area (Å²) in [5, 5.41) is 0. The van der Waals surface area contributed by atoms with Crippen molar-refractivity contribution in [2.75, 3.05) is 19.8 Å². The first-order valence-electron chi connectivity index (χ1n) is 6.93. The molecule has 0 unspecified atom stereocenters. The minimum Gasteiger partial charge on any atom is -0.349 e. The molecule has 112 valence electrons. The Morgan fingerprint density at radius 3 is 2.20 bits per heavy atom. The molecule has 4 heteroatoms. The van der Waals surface area contributed by atoms with E-state index >= 15 is 0 Å². The zero-order valence-electron chi connectivity index (χ0n) is 13.2. The molecule has 0 fully saturated rings. The van der Waals surface area contributed by atoms with E-state index in [1.54, 1.807) is 19.0 Å². The van der Waals surface area contributed by atoms with Gasteiger partial charge in [0, 0.05) is 42.8 Å². The minimum absolute atomic E-state index is 0.102. The van der Waals surface area contributed by atoms with Crippen LogP contribution in [0.3, 0.4) is 0 Å². The third-order valence-electron chi connectivity index (χ3n) is 3.41. The van der Waals surface area contributed by atoms with Gasteiger partial charge >= 0.3 is 0 Å². The molecule has 0 bridgehead atoms. The second-order valence-electron chi connectivity index (χ2n) is 5.56. The van der Waals surface area contributed by atoms with Crippen molar-refractivity contribution >= 4 is 16.7 Å². The van der Waals surface area contributed by atoms with Crippen LogP contribution in [0.25, 0.3) is 0 Å². The second kappa shape index (κ2) is 7.58. The summed E-state index contributed by atoms with van der Waals surface area (Å²) in [6.07, 6.45) is 1.16. The van der Waals surface area contributed by atoms with E-state index < -0.39 is 10.8 Å². The van der Waals surface area contributed by atoms with Gasteiger partial charge in [-0.1, -0.05) is 17.7 Å². The fraction of sp³-hybridized carbons (Fsp3) is 0.562. The number of nitrogens with zero attached hydrogens (tertiary/aromatic N) is 1. The highest BCUT2D eigenvalue weighted by atomic mass is 32.2. The Labute approximate surface area is 124 Å². The van der Waals surface area contributed by atoms with E-state index in [0.717, 1.165) is 0 Å². The molecule has 0 aliphatic carbocycles. The Bertz CT molecular complexity index is 486. The van der Waals surface area contributed by atoms with Crippen LogP contribution in [0.2, 0.25) is 0 Å². The third-order valence-corrected chi connectivity index (χ3v) is 4.76. The first-order chi connectivity index (χ1) is 9.31. The highest BCUT2D eigenvalue weighted by Gasteiger charge is 2.10. The van der Waals surface area contributed by atoms with E-state index in [2.05, 4.69) is 32.9 Å². The zero-order chi connectivity index (χ0) is 15.3. The van der Waals surface area contributed by atoms with E-state index in [4.69, 9.17) is 0 Å². The lowest BCUT2D eigenvalue weighted by atomic mass is 10.0. The van der Waals surface area contributed by atoms with Gasteiger partial charge in [-0.25, -0.2) is 0 Å². The zero-order valence-corrected chi connectivity index (χ0v) is 14.0. The van der Waals surface area contributed by atoms with Crippen molar-refractivity contribution < 1.29 is 9.00 Å². The molecular weight excluding hydrogens is 270 g/mol. The smallest absolute Gasteiger partial charge is 0.222 e. The maximum absolute atomic E-state index is 12.1. The quantitative estimate of drug-likeness (QED) is 0.809. The normalized spacial score (nSPS) is 12.2. The lowest BCUT2D eigenvalue weighted by Crippen LogP contribution is -2.21. The third kappa shape index (κ3) is 5.08. The van der Waals surface area contributed by atoms with E-state index in [1.807, 2.05) is 0 Å². The average molecular weight is 295 g/mol. The van der Waals surface area contributed by atoms with Crippen molar-refractivity contribution in [3.63, 3.8) is 0 Å². The molecule has 3 nitrogen and oxygen atoms in total. The van der Waals surface area contributed by atoms with Crippen LogP contribution in [0.4, 0.5) is 0 Å². The van der Waals surface area contributed by atoms with Crippen LogP contribution >= 0.6 is 0 Å². The number of carbonyl (C=O) groups excluding carboxylic acids is 1. The van der Waals surface area contributed by atoms with Gasteiger partial charge in [0.2, 0.25) is 5.91 Å². The first kappa shape index (κ1) is 16.9. The number of hydrogen-bond donors (Lipinski definition) is 0. The first-order valence-corrected chi connectivity index (χ1v) is 8.42. The fourth-order valence-corrected chi connectivity index (χ4v) is 3.67. The number of carbonyl (C=O) groups is 1. The molecule has 1 aromatic carbocycles. The lowest BCUT2D eigenvalue weighted by molar-refractivity contribution is -0.128. The summed E-state index contributed by atoms with van der Waals surface area (Å²) in [5.41, 5.74) is 4.85. The summed E-state index contributed by atoms with van der Waals surface area (Å²) in [7, 11) is 2.60. The molecule has 0 N–H and O–H groups in total. The van der Waals surface area contributed by atoms with Crippen LogP contribution in [0, 0.1) is 20.8 Å². The standard InChI is InChI=1S/C16H25NO2S/c1-12-9-13(2)15(14(3)10-12)11-20(19)8-6-7-16(18)17(4)5/h9-10H,6-8,11H2,1-5H3/t20-/m1/s1. The van der Waals surface area contributed by atoms with Crippen LogP contribution in [-0.4, -0.2) is 34.9 Å². The molecule has 0 spiro atoms. The van der Waals surface area contributed by atoms with Gasteiger partial charge in [-0.3, -0.25) is 9.00 Å². The number of aryl methyl sites for hydroxylation is 3. The average Bonchev–Trinajstić information content (AvgIpc) is 2.33. The molecule has 0 radical (unpaired) electrons. The SMILES string of the molecule is Cc1cc(C)c(C[S@](=O)CCCC(=O)N(C)C)c(C)c1. The maximum atomic E-state index is 12.1. The van der Waals surface area contributed by atoms with Crippen LogP contribution in [-0.2, 0) is 21.3 Å². The van der Waals surface area contributed by atoms with E-state index in [0.29, 0.717) is 24.3 Å². The Morgan fingerprint density at radius 1 is 1.15 bits per heavy atom. The topological polar surface area (TPSA) is 37.4 Å². The van der Waals surface area contributed by atoms with Crippen molar-refractivity contribution in [1.29, 1.82) is 0 Å². The van der Waals surface area contributed by atoms with Gasteiger partial charge in [-0.05, 0) is 43.9 Å². The van der Waals surface area contributed by atoms with E-state index in [1.165, 1.54) is 22.3 Å². The second-order valence-corrected chi connectivity index (χ2v) is 7.13. The Hall–Kier alpha value is -1.16. The van der Waals surface area contributed by atoms with Crippen LogP contribution in [0.15, 0.2) is 12.1 Å². The van der Waals surface area contributed by atoms with Gasteiger partial charge in [-0.2, -0.15) is 0 Å². The van der Waals surface area contributed by atoms with Crippen molar-refractivity contribution in [3.05, 3.63) is 34.4 Å². The molecule has 0 saturated heterocycles. The Balaban J connectivity index is 2.53. The predicted octanol–water partition coefficient (Wildman–Crippen LogP) is 2.73. The summed E-state index contributed by atoms with van der Waals surface area (Å²) in [5.74, 6) is 1.28. The maximum Gasteiger partial charge on any atom is 0.222 e. The molecule has 0 aliphatic rings. The summed E-state index contributed by atoms with van der Waals surface area (Å²) in [4.78, 5) is 13.0. The monoisotopic (exact) mass is 295 g/mol. The molecule has 0 aliphatic heterocycles. The summed E-state index contributed by atoms with van der Waals surface area (Å²) >= 11 is 0. The molecular formula is C16H25NO2S.